The lowest BCUT2D eigenvalue weighted by atomic mass is 10.3. The van der Waals surface area contributed by atoms with E-state index in [1.54, 1.807) is 11.3 Å². The zero-order valence-corrected chi connectivity index (χ0v) is 11.7. The van der Waals surface area contributed by atoms with Crippen LogP contribution in [-0.2, 0) is 11.3 Å². The number of unbranched alkanes of at least 4 members (excludes halogenated alkanes) is 2. The second kappa shape index (κ2) is 6.66. The standard InChI is InChI=1S/C13H19N3OS/c1-3-4-5-7-17-9-11-15-12(14-2)10-6-8-18-13(10)16-11/h6,8H,3-5,7,9H2,1-2H3,(H,14,15,16). The number of nitrogens with zero attached hydrogens (tertiary/aromatic N) is 2. The van der Waals surface area contributed by atoms with Gasteiger partial charge in [-0.25, -0.2) is 9.97 Å². The van der Waals surface area contributed by atoms with Crippen LogP contribution in [0.25, 0.3) is 10.2 Å². The van der Waals surface area contributed by atoms with Crippen LogP contribution in [0.4, 0.5) is 5.82 Å². The molecule has 4 nitrogen and oxygen atoms in total. The fraction of sp³-hybridized carbons (Fsp3) is 0.538. The fourth-order valence-corrected chi connectivity index (χ4v) is 2.56. The highest BCUT2D eigenvalue weighted by Crippen LogP contribution is 2.24. The Hall–Kier alpha value is -1.20. The molecule has 2 heterocycles. The number of rotatable bonds is 7. The zero-order valence-electron chi connectivity index (χ0n) is 10.9. The summed E-state index contributed by atoms with van der Waals surface area (Å²) in [7, 11) is 1.88. The van der Waals surface area contributed by atoms with Crippen LogP contribution in [0.2, 0.25) is 0 Å². The summed E-state index contributed by atoms with van der Waals surface area (Å²) in [5, 5.41) is 6.22. The van der Waals surface area contributed by atoms with Crippen molar-refractivity contribution < 1.29 is 4.74 Å². The maximum atomic E-state index is 5.60. The smallest absolute Gasteiger partial charge is 0.158 e. The number of anilines is 1. The number of hydrogen-bond acceptors (Lipinski definition) is 5. The van der Waals surface area contributed by atoms with Crippen LogP contribution in [0, 0.1) is 0 Å². The summed E-state index contributed by atoms with van der Waals surface area (Å²) in [4.78, 5) is 9.99. The molecule has 2 rings (SSSR count). The summed E-state index contributed by atoms with van der Waals surface area (Å²) < 4.78 is 5.60. The summed E-state index contributed by atoms with van der Waals surface area (Å²) in [6, 6.07) is 2.04. The van der Waals surface area contributed by atoms with Crippen molar-refractivity contribution in [2.24, 2.45) is 0 Å². The van der Waals surface area contributed by atoms with Gasteiger partial charge in [-0.05, 0) is 17.9 Å². The van der Waals surface area contributed by atoms with Crippen molar-refractivity contribution in [1.82, 2.24) is 9.97 Å². The maximum absolute atomic E-state index is 5.60. The molecule has 1 N–H and O–H groups in total. The molecule has 0 spiro atoms. The lowest BCUT2D eigenvalue weighted by Gasteiger charge is -2.06. The van der Waals surface area contributed by atoms with Gasteiger partial charge in [-0.1, -0.05) is 19.8 Å². The second-order valence-electron chi connectivity index (χ2n) is 4.14. The van der Waals surface area contributed by atoms with E-state index in [1.807, 2.05) is 18.5 Å². The first-order valence-electron chi connectivity index (χ1n) is 6.34. The predicted octanol–water partition coefficient (Wildman–Crippen LogP) is 3.44. The molecule has 0 aliphatic carbocycles. The van der Waals surface area contributed by atoms with Gasteiger partial charge in [0.1, 0.15) is 17.3 Å². The van der Waals surface area contributed by atoms with E-state index in [0.29, 0.717) is 6.61 Å². The first-order chi connectivity index (χ1) is 8.85. The molecule has 0 aliphatic heterocycles. The molecule has 0 bridgehead atoms. The van der Waals surface area contributed by atoms with Crippen LogP contribution >= 0.6 is 11.3 Å². The lowest BCUT2D eigenvalue weighted by Crippen LogP contribution is -2.03. The van der Waals surface area contributed by atoms with Gasteiger partial charge in [0, 0.05) is 13.7 Å². The SMILES string of the molecule is CCCCCOCc1nc(NC)c2ccsc2n1. The molecule has 0 amide bonds. The summed E-state index contributed by atoms with van der Waals surface area (Å²) in [5.41, 5.74) is 0. The van der Waals surface area contributed by atoms with Gasteiger partial charge in [0.15, 0.2) is 5.82 Å². The number of hydrogen-bond donors (Lipinski definition) is 1. The Kier molecular flexibility index (Phi) is 4.90. The van der Waals surface area contributed by atoms with Crippen LogP contribution < -0.4 is 5.32 Å². The van der Waals surface area contributed by atoms with Crippen LogP contribution in [-0.4, -0.2) is 23.6 Å². The number of fused-ring (bicyclic) bond motifs is 1. The minimum absolute atomic E-state index is 0.492. The minimum atomic E-state index is 0.492. The second-order valence-corrected chi connectivity index (χ2v) is 5.03. The normalized spacial score (nSPS) is 11.0. The largest absolute Gasteiger partial charge is 0.373 e. The van der Waals surface area contributed by atoms with Gasteiger partial charge < -0.3 is 10.1 Å². The van der Waals surface area contributed by atoms with Crippen LogP contribution in [0.5, 0.6) is 0 Å². The molecule has 0 aliphatic rings. The molecule has 2 aromatic heterocycles. The van der Waals surface area contributed by atoms with Gasteiger partial charge in [-0.15, -0.1) is 11.3 Å². The summed E-state index contributed by atoms with van der Waals surface area (Å²) in [6.07, 6.45) is 3.54. The monoisotopic (exact) mass is 265 g/mol. The van der Waals surface area contributed by atoms with Gasteiger partial charge in [0.2, 0.25) is 0 Å². The Bertz CT molecular complexity index is 498. The molecular weight excluding hydrogens is 246 g/mol. The lowest BCUT2D eigenvalue weighted by molar-refractivity contribution is 0.112. The van der Waals surface area contributed by atoms with Crippen LogP contribution in [0.15, 0.2) is 11.4 Å². The third kappa shape index (κ3) is 3.17. The number of thiophene rings is 1. The van der Waals surface area contributed by atoms with E-state index < -0.39 is 0 Å². The van der Waals surface area contributed by atoms with Gasteiger partial charge in [0.05, 0.1) is 5.39 Å². The van der Waals surface area contributed by atoms with Crippen molar-refractivity contribution in [3.05, 3.63) is 17.3 Å². The van der Waals surface area contributed by atoms with Gasteiger partial charge >= 0.3 is 0 Å². The predicted molar refractivity (Wildman–Crippen MR) is 76.1 cm³/mol. The highest BCUT2D eigenvalue weighted by molar-refractivity contribution is 7.16. The van der Waals surface area contributed by atoms with E-state index in [4.69, 9.17) is 4.74 Å². The van der Waals surface area contributed by atoms with E-state index in [-0.39, 0.29) is 0 Å². The molecule has 2 aromatic rings. The van der Waals surface area contributed by atoms with Crippen molar-refractivity contribution in [2.45, 2.75) is 32.8 Å². The molecule has 18 heavy (non-hydrogen) atoms. The maximum Gasteiger partial charge on any atom is 0.158 e. The van der Waals surface area contributed by atoms with E-state index in [9.17, 15) is 0 Å². The summed E-state index contributed by atoms with van der Waals surface area (Å²) in [5.74, 6) is 1.64. The highest BCUT2D eigenvalue weighted by Gasteiger charge is 2.07. The Morgan fingerprint density at radius 3 is 3.00 bits per heavy atom. The molecule has 0 unspecified atom stereocenters. The zero-order chi connectivity index (χ0) is 12.8. The topological polar surface area (TPSA) is 47.0 Å². The average Bonchev–Trinajstić information content (AvgIpc) is 2.85. The Morgan fingerprint density at radius 1 is 1.33 bits per heavy atom. The molecule has 98 valence electrons. The number of nitrogens with one attached hydrogen (secondary N) is 1. The van der Waals surface area contributed by atoms with E-state index in [2.05, 4.69) is 22.2 Å². The molecule has 5 heteroatoms. The van der Waals surface area contributed by atoms with Crippen molar-refractivity contribution in [2.75, 3.05) is 19.0 Å². The third-order valence-electron chi connectivity index (χ3n) is 2.73. The van der Waals surface area contributed by atoms with Gasteiger partial charge in [0.25, 0.3) is 0 Å². The Labute approximate surface area is 111 Å². The van der Waals surface area contributed by atoms with E-state index >= 15 is 0 Å². The molecule has 0 radical (unpaired) electrons. The van der Waals surface area contributed by atoms with Crippen molar-refractivity contribution in [1.29, 1.82) is 0 Å². The molecule has 0 saturated carbocycles. The Balaban J connectivity index is 2.00. The fourth-order valence-electron chi connectivity index (χ4n) is 1.77. The van der Waals surface area contributed by atoms with Crippen LogP contribution in [0.1, 0.15) is 32.0 Å². The first kappa shape index (κ1) is 13.2. The third-order valence-corrected chi connectivity index (χ3v) is 3.54. The van der Waals surface area contributed by atoms with Crippen LogP contribution in [0.3, 0.4) is 0 Å². The van der Waals surface area contributed by atoms with Crippen molar-refractivity contribution >= 4 is 27.4 Å². The number of ether oxygens (including phenoxy) is 1. The van der Waals surface area contributed by atoms with Crippen molar-refractivity contribution in [3.8, 4) is 0 Å². The molecule has 0 aromatic carbocycles. The Morgan fingerprint density at radius 2 is 2.22 bits per heavy atom. The van der Waals surface area contributed by atoms with Gasteiger partial charge in [-0.3, -0.25) is 0 Å². The highest BCUT2D eigenvalue weighted by atomic mass is 32.1. The quantitative estimate of drug-likeness (QED) is 0.779. The first-order valence-corrected chi connectivity index (χ1v) is 7.22. The summed E-state index contributed by atoms with van der Waals surface area (Å²) >= 11 is 1.63. The molecule has 0 fully saturated rings. The molecule has 0 atom stereocenters. The number of aromatic nitrogens is 2. The average molecular weight is 265 g/mol. The van der Waals surface area contributed by atoms with E-state index in [0.717, 1.165) is 34.9 Å². The molecular formula is C13H19N3OS. The van der Waals surface area contributed by atoms with E-state index in [1.165, 1.54) is 12.8 Å². The minimum Gasteiger partial charge on any atom is -0.373 e. The summed E-state index contributed by atoms with van der Waals surface area (Å²) in [6.45, 7) is 3.47. The molecule has 0 saturated heterocycles. The van der Waals surface area contributed by atoms with Crippen molar-refractivity contribution in [3.63, 3.8) is 0 Å². The van der Waals surface area contributed by atoms with Gasteiger partial charge in [-0.2, -0.15) is 0 Å².